The van der Waals surface area contributed by atoms with Crippen LogP contribution in [0.25, 0.3) is 0 Å². The van der Waals surface area contributed by atoms with E-state index in [-0.39, 0.29) is 5.91 Å². The van der Waals surface area contributed by atoms with Crippen molar-refractivity contribution in [3.8, 4) is 0 Å². The van der Waals surface area contributed by atoms with Gasteiger partial charge in [0.15, 0.2) is 0 Å². The number of hydrogen-bond acceptors (Lipinski definition) is 4. The van der Waals surface area contributed by atoms with Gasteiger partial charge in [0.1, 0.15) is 5.82 Å². The molecule has 0 bridgehead atoms. The third kappa shape index (κ3) is 5.57. The van der Waals surface area contributed by atoms with Crippen molar-refractivity contribution >= 4 is 23.1 Å². The number of benzene rings is 2. The SMILES string of the molecule is CCN(CC)c1ccc(Nc2ccc(C(=O)NCc3ccc(C)cc3)cn2)cc1. The first kappa shape index (κ1) is 20.4. The Morgan fingerprint density at radius 1 is 0.931 bits per heavy atom. The fourth-order valence-electron chi connectivity index (χ4n) is 3.08. The van der Waals surface area contributed by atoms with E-state index >= 15 is 0 Å². The van der Waals surface area contributed by atoms with E-state index in [0.29, 0.717) is 17.9 Å². The molecule has 5 nitrogen and oxygen atoms in total. The second kappa shape index (κ2) is 9.73. The highest BCUT2D eigenvalue weighted by Crippen LogP contribution is 2.20. The zero-order valence-electron chi connectivity index (χ0n) is 17.3. The highest BCUT2D eigenvalue weighted by atomic mass is 16.1. The van der Waals surface area contributed by atoms with Crippen molar-refractivity contribution in [2.24, 2.45) is 0 Å². The lowest BCUT2D eigenvalue weighted by Gasteiger charge is -2.21. The van der Waals surface area contributed by atoms with Crippen molar-refractivity contribution < 1.29 is 4.79 Å². The first-order valence-electron chi connectivity index (χ1n) is 10.0. The van der Waals surface area contributed by atoms with Crippen LogP contribution in [0, 0.1) is 6.92 Å². The van der Waals surface area contributed by atoms with E-state index in [2.05, 4.69) is 46.5 Å². The average Bonchev–Trinajstić information content (AvgIpc) is 2.76. The fraction of sp³-hybridized carbons (Fsp3) is 0.250. The summed E-state index contributed by atoms with van der Waals surface area (Å²) in [6.45, 7) is 8.81. The molecule has 2 N–H and O–H groups in total. The van der Waals surface area contributed by atoms with Crippen LogP contribution in [0.2, 0.25) is 0 Å². The van der Waals surface area contributed by atoms with Crippen LogP contribution in [0.5, 0.6) is 0 Å². The summed E-state index contributed by atoms with van der Waals surface area (Å²) >= 11 is 0. The summed E-state index contributed by atoms with van der Waals surface area (Å²) in [6, 6.07) is 20.0. The van der Waals surface area contributed by atoms with Gasteiger partial charge in [0, 0.05) is 37.2 Å². The minimum Gasteiger partial charge on any atom is -0.372 e. The molecule has 150 valence electrons. The maximum absolute atomic E-state index is 12.3. The van der Waals surface area contributed by atoms with Gasteiger partial charge in [0.2, 0.25) is 0 Å². The maximum Gasteiger partial charge on any atom is 0.253 e. The Morgan fingerprint density at radius 2 is 1.62 bits per heavy atom. The molecular formula is C24H28N4O. The molecule has 5 heteroatoms. The van der Waals surface area contributed by atoms with Gasteiger partial charge in [0.25, 0.3) is 5.91 Å². The van der Waals surface area contributed by atoms with Gasteiger partial charge in [-0.25, -0.2) is 4.98 Å². The van der Waals surface area contributed by atoms with Gasteiger partial charge >= 0.3 is 0 Å². The minimum absolute atomic E-state index is 0.131. The monoisotopic (exact) mass is 388 g/mol. The van der Waals surface area contributed by atoms with E-state index in [9.17, 15) is 4.79 Å². The molecule has 3 rings (SSSR count). The van der Waals surface area contributed by atoms with Crippen molar-refractivity contribution in [2.45, 2.75) is 27.3 Å². The first-order valence-corrected chi connectivity index (χ1v) is 10.0. The number of amides is 1. The average molecular weight is 389 g/mol. The number of carbonyl (C=O) groups is 1. The number of aryl methyl sites for hydroxylation is 1. The molecule has 0 aliphatic carbocycles. The maximum atomic E-state index is 12.3. The van der Waals surface area contributed by atoms with Gasteiger partial charge in [0.05, 0.1) is 5.56 Å². The lowest BCUT2D eigenvalue weighted by atomic mass is 10.1. The Morgan fingerprint density at radius 3 is 2.21 bits per heavy atom. The van der Waals surface area contributed by atoms with Crippen molar-refractivity contribution in [1.29, 1.82) is 0 Å². The standard InChI is InChI=1S/C24H28N4O/c1-4-28(5-2)22-13-11-21(12-14-22)27-23-15-10-20(17-25-23)24(29)26-16-19-8-6-18(3)7-9-19/h6-15,17H,4-5,16H2,1-3H3,(H,25,27)(H,26,29). The highest BCUT2D eigenvalue weighted by Gasteiger charge is 2.07. The van der Waals surface area contributed by atoms with Crippen LogP contribution in [0.3, 0.4) is 0 Å². The Labute approximate surface area is 172 Å². The lowest BCUT2D eigenvalue weighted by Crippen LogP contribution is -2.22. The second-order valence-corrected chi connectivity index (χ2v) is 6.94. The Balaban J connectivity index is 1.56. The molecule has 0 atom stereocenters. The number of aromatic nitrogens is 1. The van der Waals surface area contributed by atoms with Crippen LogP contribution in [-0.2, 0) is 6.54 Å². The smallest absolute Gasteiger partial charge is 0.253 e. The molecule has 3 aromatic rings. The molecule has 1 aromatic heterocycles. The van der Waals surface area contributed by atoms with Crippen LogP contribution >= 0.6 is 0 Å². The number of anilines is 3. The summed E-state index contributed by atoms with van der Waals surface area (Å²) in [5, 5.41) is 6.20. The molecule has 2 aromatic carbocycles. The van der Waals surface area contributed by atoms with Gasteiger partial charge in [-0.1, -0.05) is 29.8 Å². The van der Waals surface area contributed by atoms with E-state index in [1.165, 1.54) is 11.3 Å². The predicted molar refractivity (Wildman–Crippen MR) is 120 cm³/mol. The predicted octanol–water partition coefficient (Wildman–Crippen LogP) is 4.91. The normalized spacial score (nSPS) is 10.4. The van der Waals surface area contributed by atoms with Crippen molar-refractivity contribution in [3.63, 3.8) is 0 Å². The third-order valence-corrected chi connectivity index (χ3v) is 4.87. The molecule has 0 saturated carbocycles. The summed E-state index contributed by atoms with van der Waals surface area (Å²) in [6.07, 6.45) is 1.59. The second-order valence-electron chi connectivity index (χ2n) is 6.94. The lowest BCUT2D eigenvalue weighted by molar-refractivity contribution is 0.0950. The number of rotatable bonds is 8. The molecule has 0 unspecified atom stereocenters. The van der Waals surface area contributed by atoms with E-state index < -0.39 is 0 Å². The van der Waals surface area contributed by atoms with E-state index in [0.717, 1.165) is 24.3 Å². The number of hydrogen-bond donors (Lipinski definition) is 2. The molecule has 0 aliphatic rings. The molecule has 1 heterocycles. The number of carbonyl (C=O) groups excluding carboxylic acids is 1. The van der Waals surface area contributed by atoms with E-state index in [4.69, 9.17) is 0 Å². The molecule has 0 radical (unpaired) electrons. The minimum atomic E-state index is -0.131. The van der Waals surface area contributed by atoms with Crippen LogP contribution in [0.1, 0.15) is 35.3 Å². The fourth-order valence-corrected chi connectivity index (χ4v) is 3.08. The molecule has 0 aliphatic heterocycles. The Bertz CT molecular complexity index is 915. The molecule has 0 saturated heterocycles. The number of nitrogens with zero attached hydrogens (tertiary/aromatic N) is 2. The van der Waals surface area contributed by atoms with Crippen molar-refractivity contribution in [1.82, 2.24) is 10.3 Å². The summed E-state index contributed by atoms with van der Waals surface area (Å²) < 4.78 is 0. The zero-order valence-corrected chi connectivity index (χ0v) is 17.3. The van der Waals surface area contributed by atoms with Gasteiger partial charge in [-0.2, -0.15) is 0 Å². The summed E-state index contributed by atoms with van der Waals surface area (Å²) in [5.41, 5.74) is 4.98. The van der Waals surface area contributed by atoms with Crippen molar-refractivity contribution in [2.75, 3.05) is 23.3 Å². The topological polar surface area (TPSA) is 57.3 Å². The van der Waals surface area contributed by atoms with Crippen LogP contribution in [0.4, 0.5) is 17.2 Å². The largest absolute Gasteiger partial charge is 0.372 e. The van der Waals surface area contributed by atoms with Gasteiger partial charge < -0.3 is 15.5 Å². The summed E-state index contributed by atoms with van der Waals surface area (Å²) in [5.74, 6) is 0.573. The Kier molecular flexibility index (Phi) is 6.85. The molecule has 0 spiro atoms. The quantitative estimate of drug-likeness (QED) is 0.576. The van der Waals surface area contributed by atoms with Gasteiger partial charge in [-0.3, -0.25) is 4.79 Å². The number of pyridine rings is 1. The third-order valence-electron chi connectivity index (χ3n) is 4.87. The Hall–Kier alpha value is -3.34. The van der Waals surface area contributed by atoms with Crippen molar-refractivity contribution in [3.05, 3.63) is 83.6 Å². The van der Waals surface area contributed by atoms with Crippen LogP contribution in [-0.4, -0.2) is 24.0 Å². The molecule has 29 heavy (non-hydrogen) atoms. The molecular weight excluding hydrogens is 360 g/mol. The molecule has 0 fully saturated rings. The molecule has 1 amide bonds. The van der Waals surface area contributed by atoms with Crippen LogP contribution < -0.4 is 15.5 Å². The van der Waals surface area contributed by atoms with E-state index in [1.54, 1.807) is 12.3 Å². The van der Waals surface area contributed by atoms with Gasteiger partial charge in [-0.15, -0.1) is 0 Å². The summed E-state index contributed by atoms with van der Waals surface area (Å²) in [4.78, 5) is 19.0. The zero-order chi connectivity index (χ0) is 20.6. The highest BCUT2D eigenvalue weighted by molar-refractivity contribution is 5.94. The number of nitrogens with one attached hydrogen (secondary N) is 2. The van der Waals surface area contributed by atoms with Gasteiger partial charge in [-0.05, 0) is 62.7 Å². The summed E-state index contributed by atoms with van der Waals surface area (Å²) in [7, 11) is 0. The van der Waals surface area contributed by atoms with E-state index in [1.807, 2.05) is 49.4 Å². The van der Waals surface area contributed by atoms with Crippen LogP contribution in [0.15, 0.2) is 66.9 Å². The first-order chi connectivity index (χ1) is 14.1.